The van der Waals surface area contributed by atoms with Gasteiger partial charge in [0, 0.05) is 31.7 Å². The van der Waals surface area contributed by atoms with Crippen molar-refractivity contribution >= 4 is 6.21 Å². The molecule has 0 atom stereocenters. The molecule has 8 nitrogen and oxygen atoms in total. The number of benzene rings is 1. The van der Waals surface area contributed by atoms with Gasteiger partial charge in [0.1, 0.15) is 11.4 Å². The number of imidazole rings is 1. The topological polar surface area (TPSA) is 105 Å². The third kappa shape index (κ3) is 3.61. The van der Waals surface area contributed by atoms with E-state index in [1.165, 1.54) is 24.4 Å². The fourth-order valence-corrected chi connectivity index (χ4v) is 2.43. The number of halogens is 1. The van der Waals surface area contributed by atoms with E-state index in [2.05, 4.69) is 15.0 Å². The van der Waals surface area contributed by atoms with Gasteiger partial charge in [0.25, 0.3) is 5.56 Å². The monoisotopic (exact) mass is 357 g/mol. The SMILES string of the molecule is O=c1[nH]c(=O)n(-c2ccccc2F)c(O)c1C=NCCCn1ccnc1. The van der Waals surface area contributed by atoms with E-state index in [0.717, 1.165) is 6.07 Å². The molecule has 2 N–H and O–H groups in total. The molecule has 0 saturated carbocycles. The van der Waals surface area contributed by atoms with Crippen LogP contribution in [0.5, 0.6) is 5.88 Å². The van der Waals surface area contributed by atoms with Gasteiger partial charge in [0.05, 0.1) is 12.0 Å². The number of nitrogens with zero attached hydrogens (tertiary/aromatic N) is 4. The van der Waals surface area contributed by atoms with Crippen LogP contribution in [0.1, 0.15) is 12.0 Å². The lowest BCUT2D eigenvalue weighted by Gasteiger charge is -2.10. The minimum absolute atomic E-state index is 0.166. The first-order valence-corrected chi connectivity index (χ1v) is 7.86. The second-order valence-electron chi connectivity index (χ2n) is 5.47. The molecule has 3 rings (SSSR count). The highest BCUT2D eigenvalue weighted by Gasteiger charge is 2.16. The summed E-state index contributed by atoms with van der Waals surface area (Å²) in [5.41, 5.74) is -2.11. The fourth-order valence-electron chi connectivity index (χ4n) is 2.43. The Morgan fingerprint density at radius 2 is 2.12 bits per heavy atom. The number of hydrogen-bond acceptors (Lipinski definition) is 5. The van der Waals surface area contributed by atoms with Gasteiger partial charge in [-0.05, 0) is 18.6 Å². The lowest BCUT2D eigenvalue weighted by Crippen LogP contribution is -2.31. The zero-order valence-corrected chi connectivity index (χ0v) is 13.7. The smallest absolute Gasteiger partial charge is 0.335 e. The molecule has 0 fully saturated rings. The average molecular weight is 357 g/mol. The van der Waals surface area contributed by atoms with E-state index < -0.39 is 22.9 Å². The standard InChI is InChI=1S/C17H16FN5O3/c18-13-4-1-2-5-14(13)23-16(25)12(15(24)21-17(23)26)10-19-6-3-8-22-9-7-20-11-22/h1-2,4-5,7,9-11,25H,3,6,8H2,(H,21,24,26). The van der Waals surface area contributed by atoms with E-state index in [-0.39, 0.29) is 11.3 Å². The van der Waals surface area contributed by atoms with Crippen molar-refractivity contribution in [3.8, 4) is 11.6 Å². The van der Waals surface area contributed by atoms with Crippen molar-refractivity contribution in [2.45, 2.75) is 13.0 Å². The molecular weight excluding hydrogens is 341 g/mol. The number of aromatic hydroxyl groups is 1. The lowest BCUT2D eigenvalue weighted by atomic mass is 10.2. The van der Waals surface area contributed by atoms with Gasteiger partial charge in [0.2, 0.25) is 5.88 Å². The van der Waals surface area contributed by atoms with Crippen LogP contribution in [-0.2, 0) is 6.54 Å². The zero-order chi connectivity index (χ0) is 18.5. The summed E-state index contributed by atoms with van der Waals surface area (Å²) in [4.78, 5) is 34.0. The molecule has 0 bridgehead atoms. The molecule has 134 valence electrons. The number of nitrogens with one attached hydrogen (secondary N) is 1. The predicted octanol–water partition coefficient (Wildman–Crippen LogP) is 1.08. The van der Waals surface area contributed by atoms with Gasteiger partial charge in [-0.15, -0.1) is 0 Å². The van der Waals surface area contributed by atoms with Crippen molar-refractivity contribution in [3.05, 3.63) is 75.2 Å². The molecule has 0 unspecified atom stereocenters. The lowest BCUT2D eigenvalue weighted by molar-refractivity contribution is 0.427. The van der Waals surface area contributed by atoms with Crippen LogP contribution in [0.25, 0.3) is 5.69 Å². The quantitative estimate of drug-likeness (QED) is 0.509. The van der Waals surface area contributed by atoms with E-state index in [9.17, 15) is 19.1 Å². The second-order valence-corrected chi connectivity index (χ2v) is 5.47. The van der Waals surface area contributed by atoms with E-state index >= 15 is 0 Å². The summed E-state index contributed by atoms with van der Waals surface area (Å²) < 4.78 is 16.5. The third-order valence-electron chi connectivity index (χ3n) is 3.70. The summed E-state index contributed by atoms with van der Waals surface area (Å²) in [7, 11) is 0. The highest BCUT2D eigenvalue weighted by Crippen LogP contribution is 2.17. The fraction of sp³-hybridized carbons (Fsp3) is 0.176. The Kier molecular flexibility index (Phi) is 5.07. The molecular formula is C17H16FN5O3. The van der Waals surface area contributed by atoms with Gasteiger partial charge in [-0.1, -0.05) is 12.1 Å². The molecule has 0 aliphatic carbocycles. The van der Waals surface area contributed by atoms with Crippen LogP contribution in [0.3, 0.4) is 0 Å². The van der Waals surface area contributed by atoms with Crippen molar-refractivity contribution in [2.24, 2.45) is 4.99 Å². The first-order valence-electron chi connectivity index (χ1n) is 7.86. The molecule has 9 heteroatoms. The van der Waals surface area contributed by atoms with Gasteiger partial charge in [0.15, 0.2) is 0 Å². The molecule has 1 aromatic carbocycles. The number of aromatic amines is 1. The molecule has 0 aliphatic heterocycles. The maximum Gasteiger partial charge on any atom is 0.335 e. The number of H-pyrrole nitrogens is 1. The van der Waals surface area contributed by atoms with E-state index in [4.69, 9.17) is 0 Å². The van der Waals surface area contributed by atoms with Crippen LogP contribution in [0.2, 0.25) is 0 Å². The van der Waals surface area contributed by atoms with E-state index in [1.54, 1.807) is 12.5 Å². The zero-order valence-electron chi connectivity index (χ0n) is 13.7. The van der Waals surface area contributed by atoms with Crippen molar-refractivity contribution in [3.63, 3.8) is 0 Å². The van der Waals surface area contributed by atoms with Crippen LogP contribution in [0, 0.1) is 5.82 Å². The summed E-state index contributed by atoms with van der Waals surface area (Å²) in [6.45, 7) is 1.10. The molecule has 0 saturated heterocycles. The van der Waals surface area contributed by atoms with Crippen LogP contribution in [0.4, 0.5) is 4.39 Å². The number of rotatable bonds is 6. The Balaban J connectivity index is 1.84. The average Bonchev–Trinajstić information content (AvgIpc) is 3.12. The largest absolute Gasteiger partial charge is 0.493 e. The van der Waals surface area contributed by atoms with Crippen molar-refractivity contribution < 1.29 is 9.50 Å². The number of aromatic nitrogens is 4. The number of para-hydroxylation sites is 1. The predicted molar refractivity (Wildman–Crippen MR) is 93.6 cm³/mol. The highest BCUT2D eigenvalue weighted by atomic mass is 19.1. The number of aryl methyl sites for hydroxylation is 1. The normalized spacial score (nSPS) is 11.3. The second kappa shape index (κ2) is 7.60. The Bertz CT molecular complexity index is 1040. The van der Waals surface area contributed by atoms with Gasteiger partial charge in [-0.2, -0.15) is 0 Å². The van der Waals surface area contributed by atoms with E-state index in [0.29, 0.717) is 24.1 Å². The molecule has 2 heterocycles. The van der Waals surface area contributed by atoms with Crippen LogP contribution in [0.15, 0.2) is 57.6 Å². The maximum atomic E-state index is 14.0. The van der Waals surface area contributed by atoms with Gasteiger partial charge in [-0.25, -0.2) is 18.7 Å². The molecule has 0 spiro atoms. The van der Waals surface area contributed by atoms with Gasteiger partial charge >= 0.3 is 5.69 Å². The molecule has 3 aromatic rings. The van der Waals surface area contributed by atoms with Crippen molar-refractivity contribution in [2.75, 3.05) is 6.54 Å². The first-order chi connectivity index (χ1) is 12.6. The summed E-state index contributed by atoms with van der Waals surface area (Å²) in [6.07, 6.45) is 7.05. The third-order valence-corrected chi connectivity index (χ3v) is 3.70. The molecule has 0 radical (unpaired) electrons. The van der Waals surface area contributed by atoms with Crippen LogP contribution >= 0.6 is 0 Å². The molecule has 0 amide bonds. The molecule has 2 aromatic heterocycles. The number of aliphatic imine (C=N–C) groups is 1. The Morgan fingerprint density at radius 3 is 2.85 bits per heavy atom. The Hall–Kier alpha value is -3.49. The maximum absolute atomic E-state index is 14.0. The highest BCUT2D eigenvalue weighted by molar-refractivity contribution is 5.82. The molecule has 0 aliphatic rings. The van der Waals surface area contributed by atoms with Gasteiger partial charge < -0.3 is 9.67 Å². The number of hydrogen-bond donors (Lipinski definition) is 2. The Labute approximate surface area is 146 Å². The summed E-state index contributed by atoms with van der Waals surface area (Å²) in [5, 5.41) is 10.3. The minimum Gasteiger partial charge on any atom is -0.493 e. The first kappa shape index (κ1) is 17.3. The van der Waals surface area contributed by atoms with Crippen molar-refractivity contribution in [1.29, 1.82) is 0 Å². The van der Waals surface area contributed by atoms with Crippen LogP contribution in [-0.4, -0.2) is 37.0 Å². The summed E-state index contributed by atoms with van der Waals surface area (Å²) >= 11 is 0. The minimum atomic E-state index is -0.935. The molecule has 26 heavy (non-hydrogen) atoms. The summed E-state index contributed by atoms with van der Waals surface area (Å²) in [6, 6.07) is 5.44. The summed E-state index contributed by atoms with van der Waals surface area (Å²) in [5.74, 6) is -1.37. The van der Waals surface area contributed by atoms with Crippen LogP contribution < -0.4 is 11.2 Å². The van der Waals surface area contributed by atoms with Crippen molar-refractivity contribution in [1.82, 2.24) is 19.1 Å². The van der Waals surface area contributed by atoms with Gasteiger partial charge in [-0.3, -0.25) is 14.8 Å². The van der Waals surface area contributed by atoms with E-state index in [1.807, 2.05) is 10.8 Å². The Morgan fingerprint density at radius 1 is 1.31 bits per heavy atom.